The summed E-state index contributed by atoms with van der Waals surface area (Å²) in [5, 5.41) is 10.7. The molecule has 0 radical (unpaired) electrons. The first-order valence-corrected chi connectivity index (χ1v) is 18.8. The van der Waals surface area contributed by atoms with Gasteiger partial charge in [-0.05, 0) is 78.7 Å². The van der Waals surface area contributed by atoms with E-state index in [0.29, 0.717) is 22.2 Å². The van der Waals surface area contributed by atoms with Gasteiger partial charge in [0.2, 0.25) is 0 Å². The predicted octanol–water partition coefficient (Wildman–Crippen LogP) is 9.37. The summed E-state index contributed by atoms with van der Waals surface area (Å²) in [4.78, 5) is 14.9. The fourth-order valence-corrected chi connectivity index (χ4v) is 7.59. The van der Waals surface area contributed by atoms with Crippen LogP contribution in [0.4, 0.5) is 9.18 Å². The van der Waals surface area contributed by atoms with Crippen LogP contribution in [0.2, 0.25) is 5.02 Å². The van der Waals surface area contributed by atoms with Gasteiger partial charge in [-0.1, -0.05) is 95.3 Å². The number of likely N-dealkylation sites (tertiary alicyclic amines) is 1. The minimum absolute atomic E-state index is 0.0878. The van der Waals surface area contributed by atoms with E-state index in [9.17, 15) is 9.90 Å². The Balaban J connectivity index is 0.000000442. The molecule has 2 aromatic rings. The third-order valence-corrected chi connectivity index (χ3v) is 11.0. The molecule has 3 unspecified atom stereocenters. The highest BCUT2D eigenvalue weighted by molar-refractivity contribution is 6.66. The standard InChI is InChI=1S/C29H36BClFNO6.C11H24/c1-26(2,3)37-25(35)33-16-18(34)13-22(33)29(17-11-9-8-10-12-17)15-19-21(36-29)14-20(32)24(31)23(19)30-38-27(4,5)28(6,7)39-30;1-5-7-8-10-11(3,4)9-6-2/h8-12,14,18,22,34H,13,15-16H2,1-7H3;5-10H2,1-4H3. The molecule has 3 aliphatic heterocycles. The van der Waals surface area contributed by atoms with Crippen molar-refractivity contribution in [1.29, 1.82) is 0 Å². The van der Waals surface area contributed by atoms with Gasteiger partial charge < -0.3 is 23.9 Å². The predicted molar refractivity (Wildman–Crippen MR) is 200 cm³/mol. The highest BCUT2D eigenvalue weighted by Crippen LogP contribution is 2.49. The number of hydrogen-bond acceptors (Lipinski definition) is 6. The Bertz CT molecular complexity index is 1460. The Morgan fingerprint density at radius 3 is 2.20 bits per heavy atom. The molecule has 7 nitrogen and oxygen atoms in total. The van der Waals surface area contributed by atoms with Crippen LogP contribution in [0.1, 0.15) is 132 Å². The maximum Gasteiger partial charge on any atom is 0.496 e. The van der Waals surface area contributed by atoms with Crippen molar-refractivity contribution in [2.45, 2.75) is 162 Å². The largest absolute Gasteiger partial charge is 0.496 e. The van der Waals surface area contributed by atoms with Gasteiger partial charge in [0.25, 0.3) is 0 Å². The Labute approximate surface area is 305 Å². The van der Waals surface area contributed by atoms with Crippen LogP contribution in [0, 0.1) is 11.2 Å². The second kappa shape index (κ2) is 15.3. The highest BCUT2D eigenvalue weighted by atomic mass is 35.5. The van der Waals surface area contributed by atoms with Crippen molar-refractivity contribution < 1.29 is 33.1 Å². The van der Waals surface area contributed by atoms with Gasteiger partial charge in [-0.15, -0.1) is 0 Å². The summed E-state index contributed by atoms with van der Waals surface area (Å²) in [5.74, 6) is -0.351. The van der Waals surface area contributed by atoms with E-state index in [1.807, 2.05) is 58.0 Å². The number of hydrogen-bond donors (Lipinski definition) is 1. The molecule has 1 amide bonds. The fraction of sp³-hybridized carbons (Fsp3) is 0.675. The number of aliphatic hydroxyl groups excluding tert-OH is 1. The van der Waals surface area contributed by atoms with Crippen molar-refractivity contribution in [2.24, 2.45) is 5.41 Å². The van der Waals surface area contributed by atoms with Crippen LogP contribution in [0.15, 0.2) is 36.4 Å². The summed E-state index contributed by atoms with van der Waals surface area (Å²) in [6, 6.07) is 10.2. The number of carbonyl (C=O) groups is 1. The van der Waals surface area contributed by atoms with Crippen LogP contribution in [0.25, 0.3) is 0 Å². The third-order valence-electron chi connectivity index (χ3n) is 10.6. The molecule has 0 aromatic heterocycles. The van der Waals surface area contributed by atoms with Gasteiger partial charge >= 0.3 is 13.2 Å². The summed E-state index contributed by atoms with van der Waals surface area (Å²) < 4.78 is 40.3. The monoisotopic (exact) mass is 715 g/mol. The van der Waals surface area contributed by atoms with Crippen LogP contribution in [0.5, 0.6) is 5.75 Å². The van der Waals surface area contributed by atoms with Crippen molar-refractivity contribution in [2.75, 3.05) is 6.54 Å². The summed E-state index contributed by atoms with van der Waals surface area (Å²) in [7, 11) is -0.918. The lowest BCUT2D eigenvalue weighted by Crippen LogP contribution is -2.53. The number of nitrogens with zero attached hydrogens (tertiary/aromatic N) is 1. The highest BCUT2D eigenvalue weighted by Gasteiger charge is 2.58. The van der Waals surface area contributed by atoms with E-state index in [1.54, 1.807) is 20.8 Å². The molecule has 278 valence electrons. The van der Waals surface area contributed by atoms with Gasteiger partial charge in [-0.3, -0.25) is 4.90 Å². The van der Waals surface area contributed by atoms with Crippen molar-refractivity contribution in [3.05, 3.63) is 58.4 Å². The van der Waals surface area contributed by atoms with Crippen LogP contribution >= 0.6 is 11.6 Å². The molecule has 3 heterocycles. The molecule has 2 fully saturated rings. The molecule has 3 atom stereocenters. The summed E-state index contributed by atoms with van der Waals surface area (Å²) in [6.45, 7) is 22.5. The average molecular weight is 716 g/mol. The molecule has 5 rings (SSSR count). The third kappa shape index (κ3) is 8.82. The van der Waals surface area contributed by atoms with Gasteiger partial charge in [0, 0.05) is 23.5 Å². The summed E-state index contributed by atoms with van der Waals surface area (Å²) in [6.07, 6.45) is 7.49. The molecule has 2 saturated heterocycles. The molecule has 0 bridgehead atoms. The molecule has 0 spiro atoms. The van der Waals surface area contributed by atoms with Gasteiger partial charge in [0.1, 0.15) is 17.2 Å². The minimum Gasteiger partial charge on any atom is -0.480 e. The van der Waals surface area contributed by atoms with E-state index in [1.165, 1.54) is 49.5 Å². The Hall–Kier alpha value is -2.33. The number of benzene rings is 2. The second-order valence-corrected chi connectivity index (χ2v) is 17.5. The Morgan fingerprint density at radius 2 is 1.64 bits per heavy atom. The molecule has 50 heavy (non-hydrogen) atoms. The van der Waals surface area contributed by atoms with Crippen LogP contribution in [0.3, 0.4) is 0 Å². The van der Waals surface area contributed by atoms with Gasteiger partial charge in [0.15, 0.2) is 5.60 Å². The van der Waals surface area contributed by atoms with Crippen LogP contribution < -0.4 is 10.2 Å². The van der Waals surface area contributed by atoms with Gasteiger partial charge in [0.05, 0.1) is 34.9 Å². The van der Waals surface area contributed by atoms with E-state index in [4.69, 9.17) is 30.4 Å². The number of halogens is 2. The first kappa shape index (κ1) is 40.4. The molecule has 3 aliphatic rings. The number of amides is 1. The maximum atomic E-state index is 15.3. The quantitative estimate of drug-likeness (QED) is 0.206. The number of ether oxygens (including phenoxy) is 2. The average Bonchev–Trinajstić information content (AvgIpc) is 3.64. The molecule has 2 aromatic carbocycles. The lowest BCUT2D eigenvalue weighted by Gasteiger charge is -2.40. The van der Waals surface area contributed by atoms with Crippen LogP contribution in [-0.2, 0) is 26.1 Å². The van der Waals surface area contributed by atoms with Crippen LogP contribution in [-0.4, -0.2) is 58.7 Å². The smallest absolute Gasteiger partial charge is 0.480 e. The van der Waals surface area contributed by atoms with E-state index < -0.39 is 53.6 Å². The van der Waals surface area contributed by atoms with Crippen molar-refractivity contribution in [3.63, 3.8) is 0 Å². The van der Waals surface area contributed by atoms with Crippen molar-refractivity contribution in [1.82, 2.24) is 4.90 Å². The number of fused-ring (bicyclic) bond motifs is 1. The summed E-state index contributed by atoms with van der Waals surface area (Å²) in [5.41, 5.74) is -0.796. The Morgan fingerprint density at radius 1 is 1.02 bits per heavy atom. The number of β-amino-alcohol motifs (C(OH)–C–C–N with tert-alkyl or cyclic N) is 1. The van der Waals surface area contributed by atoms with Gasteiger partial charge in [-0.25, -0.2) is 9.18 Å². The normalized spacial score (nSPS) is 24.0. The fourth-order valence-electron chi connectivity index (χ4n) is 7.33. The molecule has 1 N–H and O–H groups in total. The molecule has 0 saturated carbocycles. The SMILES string of the molecule is CC(C)(C)OC(=O)N1CC(O)CC1C1(c2ccccc2)Cc2c(cc(F)c(Cl)c2B2OC(C)(C)C(C)(C)O2)O1.CCCCCC(C)(C)CCC. The summed E-state index contributed by atoms with van der Waals surface area (Å²) >= 11 is 6.60. The first-order valence-electron chi connectivity index (χ1n) is 18.5. The van der Waals surface area contributed by atoms with Crippen molar-refractivity contribution in [3.8, 4) is 5.75 Å². The lowest BCUT2D eigenvalue weighted by molar-refractivity contribution is -0.0216. The van der Waals surface area contributed by atoms with E-state index in [0.717, 1.165) is 5.56 Å². The van der Waals surface area contributed by atoms with E-state index in [-0.39, 0.29) is 24.4 Å². The topological polar surface area (TPSA) is 77.5 Å². The molecular weight excluding hydrogens is 656 g/mol. The zero-order chi connectivity index (χ0) is 37.3. The number of unbranched alkanes of at least 4 members (excludes halogenated alkanes) is 2. The molecular formula is C40H60BClFNO6. The molecule has 10 heteroatoms. The lowest BCUT2D eigenvalue weighted by atomic mass is 9.72. The zero-order valence-corrected chi connectivity index (χ0v) is 33.0. The minimum atomic E-state index is -1.15. The van der Waals surface area contributed by atoms with Gasteiger partial charge in [-0.2, -0.15) is 0 Å². The van der Waals surface area contributed by atoms with E-state index in [2.05, 4.69) is 27.7 Å². The first-order chi connectivity index (χ1) is 23.2. The zero-order valence-electron chi connectivity index (χ0n) is 32.3. The number of carbonyl (C=O) groups excluding carboxylic acids is 1. The number of rotatable bonds is 9. The molecule has 0 aliphatic carbocycles. The second-order valence-electron chi connectivity index (χ2n) is 17.1. The van der Waals surface area contributed by atoms with Crippen molar-refractivity contribution >= 4 is 30.3 Å². The Kier molecular flexibility index (Phi) is 12.4. The number of aliphatic hydroxyl groups is 1. The van der Waals surface area contributed by atoms with E-state index >= 15 is 4.39 Å². The maximum absolute atomic E-state index is 15.3.